The van der Waals surface area contributed by atoms with E-state index in [1.165, 1.54) is 25.7 Å². The van der Waals surface area contributed by atoms with Gasteiger partial charge in [0.25, 0.3) is 0 Å². The van der Waals surface area contributed by atoms with Crippen LogP contribution in [0.2, 0.25) is 5.82 Å². The van der Waals surface area contributed by atoms with E-state index in [1.54, 1.807) is 0 Å². The largest absolute Gasteiger partial charge is 0.0802 e. The lowest BCUT2D eigenvalue weighted by molar-refractivity contribution is 0.655. The van der Waals surface area contributed by atoms with Crippen LogP contribution in [0.5, 0.6) is 0 Å². The van der Waals surface area contributed by atoms with Crippen LogP contribution in [-0.4, -0.2) is 7.85 Å². The molecule has 0 N–H and O–H groups in total. The summed E-state index contributed by atoms with van der Waals surface area (Å²) < 4.78 is 0. The Morgan fingerprint density at radius 2 is 2.00 bits per heavy atom. The Hall–Kier alpha value is 0.0649. The van der Waals surface area contributed by atoms with Crippen LogP contribution >= 0.6 is 0 Å². The highest BCUT2D eigenvalue weighted by molar-refractivity contribution is 6.11. The highest BCUT2D eigenvalue weighted by atomic mass is 13.9. The quantitative estimate of drug-likeness (QED) is 0.385. The summed E-state index contributed by atoms with van der Waals surface area (Å²) in [6.07, 6.45) is 5.12. The van der Waals surface area contributed by atoms with E-state index in [2.05, 4.69) is 13.8 Å². The van der Waals surface area contributed by atoms with Gasteiger partial charge in [-0.05, 0) is 0 Å². The molecule has 0 amide bonds. The highest BCUT2D eigenvalue weighted by Gasteiger charge is 1.90. The Morgan fingerprint density at radius 1 is 1.38 bits per heavy atom. The van der Waals surface area contributed by atoms with Crippen molar-refractivity contribution >= 4 is 7.85 Å². The second-order valence-electron chi connectivity index (χ2n) is 2.47. The molecule has 0 aliphatic rings. The van der Waals surface area contributed by atoms with E-state index in [-0.39, 0.29) is 0 Å². The third-order valence-corrected chi connectivity index (χ3v) is 1.26. The minimum atomic E-state index is 0.404. The maximum atomic E-state index is 5.53. The molecule has 0 aromatic carbocycles. The fourth-order valence-corrected chi connectivity index (χ4v) is 0.716. The van der Waals surface area contributed by atoms with Crippen molar-refractivity contribution in [2.45, 2.75) is 45.3 Å². The maximum absolute atomic E-state index is 5.53. The molecule has 0 aliphatic heterocycles. The summed E-state index contributed by atoms with van der Waals surface area (Å²) in [5, 5.41) is 0. The zero-order valence-corrected chi connectivity index (χ0v) is 5.98. The van der Waals surface area contributed by atoms with Crippen LogP contribution < -0.4 is 0 Å². The molecule has 0 rings (SSSR count). The molecule has 8 heavy (non-hydrogen) atoms. The van der Waals surface area contributed by atoms with Crippen molar-refractivity contribution in [1.82, 2.24) is 0 Å². The monoisotopic (exact) mass is 110 g/mol. The first-order valence-electron chi connectivity index (χ1n) is 3.53. The zero-order chi connectivity index (χ0) is 6.41. The van der Waals surface area contributed by atoms with E-state index in [4.69, 9.17) is 7.85 Å². The Labute approximate surface area is 54.1 Å². The molecule has 46 valence electrons. The lowest BCUT2D eigenvalue weighted by Crippen LogP contribution is -1.84. The van der Waals surface area contributed by atoms with Crippen LogP contribution in [0, 0.1) is 0 Å². The van der Waals surface area contributed by atoms with Gasteiger partial charge in [0, 0.05) is 0 Å². The molecule has 0 bridgehead atoms. The van der Waals surface area contributed by atoms with Crippen molar-refractivity contribution in [1.29, 1.82) is 0 Å². The van der Waals surface area contributed by atoms with Crippen LogP contribution in [0.25, 0.3) is 0 Å². The molecule has 0 saturated heterocycles. The molecule has 0 aromatic rings. The molecule has 2 radical (unpaired) electrons. The molecule has 1 heteroatoms. The zero-order valence-electron chi connectivity index (χ0n) is 5.98. The fraction of sp³-hybridized carbons (Fsp3) is 1.00. The van der Waals surface area contributed by atoms with Gasteiger partial charge in [-0.3, -0.25) is 0 Å². The predicted octanol–water partition coefficient (Wildman–Crippen LogP) is 2.54. The highest BCUT2D eigenvalue weighted by Crippen LogP contribution is 2.09. The molecule has 0 spiro atoms. The summed E-state index contributed by atoms with van der Waals surface area (Å²) in [5.74, 6) is 0.404. The molecule has 0 aromatic heterocycles. The van der Waals surface area contributed by atoms with E-state index in [0.29, 0.717) is 5.82 Å². The van der Waals surface area contributed by atoms with E-state index in [0.717, 1.165) is 0 Å². The minimum absolute atomic E-state index is 0.404. The third kappa shape index (κ3) is 6.06. The molecule has 0 aliphatic carbocycles. The summed E-state index contributed by atoms with van der Waals surface area (Å²) in [6, 6.07) is 0. The fourth-order valence-electron chi connectivity index (χ4n) is 0.716. The second-order valence-corrected chi connectivity index (χ2v) is 2.47. The summed E-state index contributed by atoms with van der Waals surface area (Å²) in [4.78, 5) is 0. The standard InChI is InChI=1S/C7H15B/c1-3-4-5-6-7(2)8/h7H,3-6H2,1-2H3. The van der Waals surface area contributed by atoms with Gasteiger partial charge < -0.3 is 0 Å². The molecule has 0 saturated carbocycles. The van der Waals surface area contributed by atoms with Gasteiger partial charge in [0.2, 0.25) is 0 Å². The van der Waals surface area contributed by atoms with Gasteiger partial charge in [-0.15, -0.1) is 0 Å². The first-order chi connectivity index (χ1) is 3.77. The first kappa shape index (κ1) is 8.06. The van der Waals surface area contributed by atoms with Crippen molar-refractivity contribution in [2.24, 2.45) is 0 Å². The van der Waals surface area contributed by atoms with Crippen molar-refractivity contribution in [3.05, 3.63) is 0 Å². The SMILES string of the molecule is [B]C(C)CCCCC. The predicted molar refractivity (Wildman–Crippen MR) is 39.3 cm³/mol. The average molecular weight is 110 g/mol. The van der Waals surface area contributed by atoms with Crippen molar-refractivity contribution in [2.75, 3.05) is 0 Å². The first-order valence-corrected chi connectivity index (χ1v) is 3.53. The Balaban J connectivity index is 2.72. The Bertz CT molecular complexity index is 41.7. The topological polar surface area (TPSA) is 0 Å². The summed E-state index contributed by atoms with van der Waals surface area (Å²) in [5.41, 5.74) is 0. The Kier molecular flexibility index (Phi) is 5.25. The molecule has 0 fully saturated rings. The van der Waals surface area contributed by atoms with Crippen LogP contribution in [-0.2, 0) is 0 Å². The summed E-state index contributed by atoms with van der Waals surface area (Å²) >= 11 is 0. The normalized spacial score (nSPS) is 13.8. The van der Waals surface area contributed by atoms with Crippen LogP contribution in [0.3, 0.4) is 0 Å². The number of hydrogen-bond acceptors (Lipinski definition) is 0. The Morgan fingerprint density at radius 3 is 2.38 bits per heavy atom. The minimum Gasteiger partial charge on any atom is -0.0802 e. The van der Waals surface area contributed by atoms with Gasteiger partial charge in [-0.1, -0.05) is 45.3 Å². The molecular formula is C7H15B. The molecule has 0 heterocycles. The molecule has 1 atom stereocenters. The van der Waals surface area contributed by atoms with E-state index < -0.39 is 0 Å². The van der Waals surface area contributed by atoms with E-state index in [1.807, 2.05) is 0 Å². The van der Waals surface area contributed by atoms with E-state index >= 15 is 0 Å². The van der Waals surface area contributed by atoms with Gasteiger partial charge in [0.1, 0.15) is 0 Å². The molecule has 0 nitrogen and oxygen atoms in total. The van der Waals surface area contributed by atoms with E-state index in [9.17, 15) is 0 Å². The molecular weight excluding hydrogens is 94.9 g/mol. The summed E-state index contributed by atoms with van der Waals surface area (Å²) in [7, 11) is 5.53. The lowest BCUT2D eigenvalue weighted by atomic mass is 9.85. The summed E-state index contributed by atoms with van der Waals surface area (Å²) in [6.45, 7) is 4.27. The van der Waals surface area contributed by atoms with Gasteiger partial charge in [0.15, 0.2) is 0 Å². The molecule has 1 unspecified atom stereocenters. The number of hydrogen-bond donors (Lipinski definition) is 0. The third-order valence-electron chi connectivity index (χ3n) is 1.26. The average Bonchev–Trinajstić information content (AvgIpc) is 1.66. The van der Waals surface area contributed by atoms with Crippen molar-refractivity contribution in [3.8, 4) is 0 Å². The smallest absolute Gasteiger partial charge is 0.0695 e. The van der Waals surface area contributed by atoms with Gasteiger partial charge in [0.05, 0.1) is 7.85 Å². The lowest BCUT2D eigenvalue weighted by Gasteiger charge is -2.00. The van der Waals surface area contributed by atoms with Crippen LogP contribution in [0.15, 0.2) is 0 Å². The maximum Gasteiger partial charge on any atom is 0.0695 e. The van der Waals surface area contributed by atoms with Crippen LogP contribution in [0.1, 0.15) is 39.5 Å². The van der Waals surface area contributed by atoms with Crippen molar-refractivity contribution < 1.29 is 0 Å². The van der Waals surface area contributed by atoms with Crippen molar-refractivity contribution in [3.63, 3.8) is 0 Å². The van der Waals surface area contributed by atoms with Crippen LogP contribution in [0.4, 0.5) is 0 Å². The van der Waals surface area contributed by atoms with Gasteiger partial charge in [-0.25, -0.2) is 0 Å². The second kappa shape index (κ2) is 5.21. The van der Waals surface area contributed by atoms with Gasteiger partial charge >= 0.3 is 0 Å². The van der Waals surface area contributed by atoms with Gasteiger partial charge in [-0.2, -0.15) is 0 Å². The number of rotatable bonds is 4. The number of unbranched alkanes of at least 4 members (excludes halogenated alkanes) is 2.